The third kappa shape index (κ3) is 2.33. The summed E-state index contributed by atoms with van der Waals surface area (Å²) in [5, 5.41) is 18.8. The number of anilines is 1. The van der Waals surface area contributed by atoms with E-state index >= 15 is 0 Å². The molecule has 1 fully saturated rings. The average molecular weight is 285 g/mol. The zero-order valence-corrected chi connectivity index (χ0v) is 12.3. The molecule has 1 aromatic carbocycles. The van der Waals surface area contributed by atoms with Crippen LogP contribution in [0.5, 0.6) is 0 Å². The average Bonchev–Trinajstić information content (AvgIpc) is 2.45. The van der Waals surface area contributed by atoms with Crippen molar-refractivity contribution >= 4 is 22.6 Å². The molecule has 1 N–H and O–H groups in total. The van der Waals surface area contributed by atoms with Crippen molar-refractivity contribution in [2.24, 2.45) is 5.41 Å². The lowest BCUT2D eigenvalue weighted by atomic mass is 9.76. The van der Waals surface area contributed by atoms with Gasteiger partial charge in [0.15, 0.2) is 0 Å². The van der Waals surface area contributed by atoms with Crippen LogP contribution in [0, 0.1) is 5.41 Å². The highest BCUT2D eigenvalue weighted by atomic mass is 16.4. The molecule has 1 aromatic heterocycles. The van der Waals surface area contributed by atoms with Crippen molar-refractivity contribution in [2.75, 3.05) is 11.4 Å². The maximum atomic E-state index is 11.8. The SMILES string of the molecule is CC1(C)CCCN(c2cnnc3ccccc23)C1C(=O)O. The zero-order valence-electron chi connectivity index (χ0n) is 12.3. The highest BCUT2D eigenvalue weighted by Gasteiger charge is 2.43. The van der Waals surface area contributed by atoms with Crippen molar-refractivity contribution in [1.29, 1.82) is 0 Å². The van der Waals surface area contributed by atoms with Crippen molar-refractivity contribution in [2.45, 2.75) is 32.7 Å². The first-order valence-electron chi connectivity index (χ1n) is 7.20. The molecule has 5 heteroatoms. The van der Waals surface area contributed by atoms with Crippen LogP contribution in [0.25, 0.3) is 10.9 Å². The molecule has 0 spiro atoms. The number of aromatic nitrogens is 2. The Balaban J connectivity index is 2.14. The second kappa shape index (κ2) is 4.98. The predicted molar refractivity (Wildman–Crippen MR) is 81.3 cm³/mol. The molecule has 5 nitrogen and oxygen atoms in total. The van der Waals surface area contributed by atoms with E-state index in [1.165, 1.54) is 0 Å². The number of nitrogens with zero attached hydrogens (tertiary/aromatic N) is 3. The number of piperidine rings is 1. The molecule has 0 aliphatic carbocycles. The van der Waals surface area contributed by atoms with Gasteiger partial charge in [0.1, 0.15) is 6.04 Å². The molecule has 1 aliphatic heterocycles. The number of fused-ring (bicyclic) bond motifs is 1. The lowest BCUT2D eigenvalue weighted by Gasteiger charge is -2.45. The minimum absolute atomic E-state index is 0.269. The van der Waals surface area contributed by atoms with Crippen molar-refractivity contribution in [3.8, 4) is 0 Å². The maximum Gasteiger partial charge on any atom is 0.326 e. The van der Waals surface area contributed by atoms with Crippen LogP contribution < -0.4 is 4.90 Å². The first kappa shape index (κ1) is 13.8. The number of rotatable bonds is 2. The molecule has 3 rings (SSSR count). The van der Waals surface area contributed by atoms with E-state index in [1.807, 2.05) is 43.0 Å². The van der Waals surface area contributed by atoms with Crippen LogP contribution in [0.3, 0.4) is 0 Å². The Kier molecular flexibility index (Phi) is 3.27. The molecular weight excluding hydrogens is 266 g/mol. The highest BCUT2D eigenvalue weighted by molar-refractivity contribution is 5.93. The summed E-state index contributed by atoms with van der Waals surface area (Å²) >= 11 is 0. The van der Waals surface area contributed by atoms with Crippen LogP contribution in [-0.2, 0) is 4.79 Å². The summed E-state index contributed by atoms with van der Waals surface area (Å²) in [7, 11) is 0. The topological polar surface area (TPSA) is 66.3 Å². The lowest BCUT2D eigenvalue weighted by Crippen LogP contribution is -2.54. The molecular formula is C16H19N3O2. The Hall–Kier alpha value is -2.17. The van der Waals surface area contributed by atoms with Gasteiger partial charge in [-0.2, -0.15) is 10.2 Å². The van der Waals surface area contributed by atoms with Gasteiger partial charge >= 0.3 is 5.97 Å². The van der Waals surface area contributed by atoms with Crippen LogP contribution in [0.2, 0.25) is 0 Å². The monoisotopic (exact) mass is 285 g/mol. The smallest absolute Gasteiger partial charge is 0.326 e. The molecule has 0 saturated carbocycles. The molecule has 110 valence electrons. The van der Waals surface area contributed by atoms with Crippen molar-refractivity contribution in [3.63, 3.8) is 0 Å². The first-order chi connectivity index (χ1) is 10.0. The molecule has 0 amide bonds. The molecule has 1 aliphatic rings. The molecule has 1 atom stereocenters. The van der Waals surface area contributed by atoms with E-state index in [9.17, 15) is 9.90 Å². The van der Waals surface area contributed by atoms with Gasteiger partial charge in [0.05, 0.1) is 17.4 Å². The molecule has 1 unspecified atom stereocenters. The van der Waals surface area contributed by atoms with Crippen LogP contribution in [0.15, 0.2) is 30.5 Å². The standard InChI is InChI=1S/C16H19N3O2/c1-16(2)8-5-9-19(14(16)15(20)21)13-10-17-18-12-7-4-3-6-11(12)13/h3-4,6-7,10,14H,5,8-9H2,1-2H3,(H,20,21). The van der Waals surface area contributed by atoms with E-state index in [2.05, 4.69) is 10.2 Å². The molecule has 0 bridgehead atoms. The minimum atomic E-state index is -0.777. The van der Waals surface area contributed by atoms with Gasteiger partial charge in [-0.15, -0.1) is 0 Å². The fraction of sp³-hybridized carbons (Fsp3) is 0.438. The van der Waals surface area contributed by atoms with Crippen molar-refractivity contribution in [1.82, 2.24) is 10.2 Å². The van der Waals surface area contributed by atoms with Crippen LogP contribution in [0.4, 0.5) is 5.69 Å². The normalized spacial score (nSPS) is 21.4. The lowest BCUT2D eigenvalue weighted by molar-refractivity contribution is -0.142. The van der Waals surface area contributed by atoms with Gasteiger partial charge in [0.25, 0.3) is 0 Å². The summed E-state index contributed by atoms with van der Waals surface area (Å²) in [4.78, 5) is 13.8. The van der Waals surface area contributed by atoms with E-state index in [4.69, 9.17) is 0 Å². The quantitative estimate of drug-likeness (QED) is 0.919. The van der Waals surface area contributed by atoms with Crippen LogP contribution >= 0.6 is 0 Å². The Bertz CT molecular complexity index is 679. The number of hydrogen-bond donors (Lipinski definition) is 1. The molecule has 1 saturated heterocycles. The summed E-state index contributed by atoms with van der Waals surface area (Å²) in [5.74, 6) is -0.777. The van der Waals surface area contributed by atoms with Crippen molar-refractivity contribution < 1.29 is 9.90 Å². The fourth-order valence-electron chi connectivity index (χ4n) is 3.34. The third-order valence-corrected chi connectivity index (χ3v) is 4.34. The first-order valence-corrected chi connectivity index (χ1v) is 7.20. The summed E-state index contributed by atoms with van der Waals surface area (Å²) in [6.07, 6.45) is 3.57. The second-order valence-corrected chi connectivity index (χ2v) is 6.27. The molecule has 2 aromatic rings. The van der Waals surface area contributed by atoms with Gasteiger partial charge in [-0.3, -0.25) is 0 Å². The van der Waals surface area contributed by atoms with Gasteiger partial charge < -0.3 is 10.0 Å². The van der Waals surface area contributed by atoms with Gasteiger partial charge in [0.2, 0.25) is 0 Å². The fourth-order valence-corrected chi connectivity index (χ4v) is 3.34. The van der Waals surface area contributed by atoms with Gasteiger partial charge in [-0.05, 0) is 24.3 Å². The third-order valence-electron chi connectivity index (χ3n) is 4.34. The van der Waals surface area contributed by atoms with Crippen molar-refractivity contribution in [3.05, 3.63) is 30.5 Å². The number of aliphatic carboxylic acids is 1. The summed E-state index contributed by atoms with van der Waals surface area (Å²) < 4.78 is 0. The number of hydrogen-bond acceptors (Lipinski definition) is 4. The number of carboxylic acids is 1. The molecule has 21 heavy (non-hydrogen) atoms. The summed E-state index contributed by atoms with van der Waals surface area (Å²) in [6.45, 7) is 4.78. The summed E-state index contributed by atoms with van der Waals surface area (Å²) in [5.41, 5.74) is 1.39. The Morgan fingerprint density at radius 3 is 2.90 bits per heavy atom. The Morgan fingerprint density at radius 2 is 2.14 bits per heavy atom. The van der Waals surface area contributed by atoms with Gasteiger partial charge in [-0.1, -0.05) is 32.0 Å². The highest BCUT2D eigenvalue weighted by Crippen LogP contribution is 2.39. The van der Waals surface area contributed by atoms with Gasteiger partial charge in [0, 0.05) is 11.9 Å². The maximum absolute atomic E-state index is 11.8. The van der Waals surface area contributed by atoms with Crippen LogP contribution in [0.1, 0.15) is 26.7 Å². The molecule has 2 heterocycles. The largest absolute Gasteiger partial charge is 0.480 e. The summed E-state index contributed by atoms with van der Waals surface area (Å²) in [6, 6.07) is 7.18. The van der Waals surface area contributed by atoms with E-state index < -0.39 is 12.0 Å². The number of carboxylic acid groups (broad SMARTS) is 1. The van der Waals surface area contributed by atoms with E-state index in [-0.39, 0.29) is 5.41 Å². The number of benzene rings is 1. The Morgan fingerprint density at radius 1 is 1.38 bits per heavy atom. The molecule has 0 radical (unpaired) electrons. The predicted octanol–water partition coefficient (Wildman–Crippen LogP) is 2.71. The van der Waals surface area contributed by atoms with Crippen LogP contribution in [-0.4, -0.2) is 33.9 Å². The van der Waals surface area contributed by atoms with E-state index in [0.29, 0.717) is 0 Å². The second-order valence-electron chi connectivity index (χ2n) is 6.27. The minimum Gasteiger partial charge on any atom is -0.480 e. The van der Waals surface area contributed by atoms with E-state index in [0.717, 1.165) is 36.0 Å². The van der Waals surface area contributed by atoms with E-state index in [1.54, 1.807) is 6.20 Å². The number of carbonyl (C=O) groups is 1. The Labute approximate surface area is 123 Å². The zero-order chi connectivity index (χ0) is 15.0. The van der Waals surface area contributed by atoms with Gasteiger partial charge in [-0.25, -0.2) is 4.79 Å².